The Labute approximate surface area is 129 Å². The molecular formula is C12H17ClFNO4S2. The van der Waals surface area contributed by atoms with Gasteiger partial charge in [-0.15, -0.1) is 11.6 Å². The Hall–Kier alpha value is -0.700. The number of sulfone groups is 1. The Kier molecular flexibility index (Phi) is 5.41. The molecule has 0 saturated carbocycles. The molecule has 0 saturated heterocycles. The molecule has 0 aromatic heterocycles. The van der Waals surface area contributed by atoms with Gasteiger partial charge in [0.05, 0.1) is 4.90 Å². The number of hydrogen-bond acceptors (Lipinski definition) is 4. The van der Waals surface area contributed by atoms with Gasteiger partial charge in [0, 0.05) is 18.7 Å². The molecule has 0 amide bonds. The van der Waals surface area contributed by atoms with Crippen molar-refractivity contribution in [1.29, 1.82) is 0 Å². The van der Waals surface area contributed by atoms with E-state index < -0.39 is 36.0 Å². The van der Waals surface area contributed by atoms with Crippen molar-refractivity contribution in [1.82, 2.24) is 4.72 Å². The van der Waals surface area contributed by atoms with Gasteiger partial charge in [-0.05, 0) is 23.6 Å². The summed E-state index contributed by atoms with van der Waals surface area (Å²) >= 11 is 5.70. The number of nitrogens with one attached hydrogen (secondary N) is 1. The fourth-order valence-corrected chi connectivity index (χ4v) is 3.50. The van der Waals surface area contributed by atoms with Gasteiger partial charge < -0.3 is 0 Å². The maximum absolute atomic E-state index is 13.7. The summed E-state index contributed by atoms with van der Waals surface area (Å²) in [6.07, 6.45) is 0.917. The van der Waals surface area contributed by atoms with Crippen molar-refractivity contribution < 1.29 is 21.2 Å². The van der Waals surface area contributed by atoms with Gasteiger partial charge >= 0.3 is 0 Å². The lowest BCUT2D eigenvalue weighted by atomic mass is 9.97. The monoisotopic (exact) mass is 357 g/mol. The first-order chi connectivity index (χ1) is 9.39. The molecule has 1 aromatic carbocycles. The van der Waals surface area contributed by atoms with Crippen LogP contribution in [0.4, 0.5) is 4.39 Å². The smallest absolute Gasteiger partial charge is 0.224 e. The largest absolute Gasteiger partial charge is 0.243 e. The molecule has 9 heteroatoms. The summed E-state index contributed by atoms with van der Waals surface area (Å²) in [6, 6.07) is 2.64. The third-order valence-electron chi connectivity index (χ3n) is 2.72. The second kappa shape index (κ2) is 6.20. The topological polar surface area (TPSA) is 80.3 Å². The van der Waals surface area contributed by atoms with Crippen LogP contribution in [0.5, 0.6) is 0 Å². The van der Waals surface area contributed by atoms with Gasteiger partial charge in [-0.2, -0.15) is 0 Å². The molecule has 120 valence electrons. The molecule has 1 aromatic rings. The van der Waals surface area contributed by atoms with Crippen molar-refractivity contribution in [2.75, 3.05) is 18.7 Å². The number of benzene rings is 1. The molecule has 21 heavy (non-hydrogen) atoms. The Morgan fingerprint density at radius 2 is 1.81 bits per heavy atom. The van der Waals surface area contributed by atoms with Crippen LogP contribution in [0.15, 0.2) is 28.0 Å². The molecule has 1 rings (SSSR count). The zero-order chi connectivity index (χ0) is 16.5. The summed E-state index contributed by atoms with van der Waals surface area (Å²) in [5.74, 6) is -0.806. The first-order valence-electron chi connectivity index (χ1n) is 5.94. The minimum atomic E-state index is -4.17. The van der Waals surface area contributed by atoms with Gasteiger partial charge in [0.1, 0.15) is 10.7 Å². The molecular weight excluding hydrogens is 341 g/mol. The molecule has 0 aliphatic carbocycles. The van der Waals surface area contributed by atoms with Crippen LogP contribution in [0.25, 0.3) is 0 Å². The lowest BCUT2D eigenvalue weighted by Crippen LogP contribution is -2.35. The maximum atomic E-state index is 13.7. The van der Waals surface area contributed by atoms with Crippen LogP contribution in [0.3, 0.4) is 0 Å². The SMILES string of the molecule is CC(C)(CCl)CNS(=O)(=O)c1cc(S(C)(=O)=O)ccc1F. The molecule has 0 spiro atoms. The van der Waals surface area contributed by atoms with E-state index in [1.165, 1.54) is 0 Å². The summed E-state index contributed by atoms with van der Waals surface area (Å²) < 4.78 is 63.0. The van der Waals surface area contributed by atoms with Crippen LogP contribution in [-0.4, -0.2) is 35.5 Å². The fraction of sp³-hybridized carbons (Fsp3) is 0.500. The Bertz CT molecular complexity index is 730. The van der Waals surface area contributed by atoms with E-state index in [1.807, 2.05) is 0 Å². The summed E-state index contributed by atoms with van der Waals surface area (Å²) in [7, 11) is -7.80. The van der Waals surface area contributed by atoms with Crippen LogP contribution in [0.1, 0.15) is 13.8 Å². The maximum Gasteiger partial charge on any atom is 0.243 e. The molecule has 0 atom stereocenters. The molecule has 0 heterocycles. The Morgan fingerprint density at radius 3 is 2.29 bits per heavy atom. The van der Waals surface area contributed by atoms with Crippen LogP contribution in [0, 0.1) is 11.2 Å². The molecule has 0 bridgehead atoms. The number of halogens is 2. The van der Waals surface area contributed by atoms with E-state index in [4.69, 9.17) is 11.6 Å². The number of hydrogen-bond donors (Lipinski definition) is 1. The zero-order valence-corrected chi connectivity index (χ0v) is 14.2. The standard InChI is InChI=1S/C12H17ClFNO4S2/c1-12(2,7-13)8-15-21(18,19)11-6-9(20(3,16)17)4-5-10(11)14/h4-6,15H,7-8H2,1-3H3. The third-order valence-corrected chi connectivity index (χ3v) is 5.97. The van der Waals surface area contributed by atoms with Gasteiger partial charge in [-0.3, -0.25) is 0 Å². The molecule has 0 aliphatic heterocycles. The second-order valence-corrected chi connectivity index (χ2v) is 9.51. The van der Waals surface area contributed by atoms with Crippen molar-refractivity contribution in [2.24, 2.45) is 5.41 Å². The molecule has 0 radical (unpaired) electrons. The fourth-order valence-electron chi connectivity index (χ4n) is 1.34. The van der Waals surface area contributed by atoms with E-state index in [0.29, 0.717) is 0 Å². The van der Waals surface area contributed by atoms with Crippen molar-refractivity contribution in [2.45, 2.75) is 23.6 Å². The van der Waals surface area contributed by atoms with Gasteiger partial charge in [-0.25, -0.2) is 25.9 Å². The quantitative estimate of drug-likeness (QED) is 0.621. The predicted octanol–water partition coefficient (Wildman–Crippen LogP) is 1.77. The van der Waals surface area contributed by atoms with E-state index in [9.17, 15) is 21.2 Å². The minimum Gasteiger partial charge on any atom is -0.224 e. The van der Waals surface area contributed by atoms with Crippen LogP contribution in [0.2, 0.25) is 0 Å². The van der Waals surface area contributed by atoms with Gasteiger partial charge in [0.15, 0.2) is 9.84 Å². The highest BCUT2D eigenvalue weighted by Gasteiger charge is 2.25. The normalized spacial score (nSPS) is 13.4. The van der Waals surface area contributed by atoms with E-state index in [0.717, 1.165) is 24.5 Å². The minimum absolute atomic E-state index is 0.00137. The summed E-state index contributed by atoms with van der Waals surface area (Å²) in [5.41, 5.74) is -0.514. The predicted molar refractivity (Wildman–Crippen MR) is 79.2 cm³/mol. The molecule has 0 unspecified atom stereocenters. The van der Waals surface area contributed by atoms with Crippen LogP contribution >= 0.6 is 11.6 Å². The van der Waals surface area contributed by atoms with E-state index in [1.54, 1.807) is 13.8 Å². The molecule has 0 fully saturated rings. The Morgan fingerprint density at radius 1 is 1.24 bits per heavy atom. The van der Waals surface area contributed by atoms with Gasteiger partial charge in [0.25, 0.3) is 0 Å². The molecule has 5 nitrogen and oxygen atoms in total. The van der Waals surface area contributed by atoms with E-state index >= 15 is 0 Å². The summed E-state index contributed by atoms with van der Waals surface area (Å²) in [4.78, 5) is -0.961. The highest BCUT2D eigenvalue weighted by atomic mass is 35.5. The zero-order valence-electron chi connectivity index (χ0n) is 11.9. The van der Waals surface area contributed by atoms with Gasteiger partial charge in [0.2, 0.25) is 10.0 Å². The molecule has 1 N–H and O–H groups in total. The second-order valence-electron chi connectivity index (χ2n) is 5.49. The van der Waals surface area contributed by atoms with Crippen molar-refractivity contribution >= 4 is 31.5 Å². The first kappa shape index (κ1) is 18.3. The number of sulfonamides is 1. The Balaban J connectivity index is 3.20. The van der Waals surface area contributed by atoms with Crippen LogP contribution in [-0.2, 0) is 19.9 Å². The molecule has 0 aliphatic rings. The van der Waals surface area contributed by atoms with Crippen molar-refractivity contribution in [3.8, 4) is 0 Å². The lowest BCUT2D eigenvalue weighted by Gasteiger charge is -2.21. The van der Waals surface area contributed by atoms with Gasteiger partial charge in [-0.1, -0.05) is 13.8 Å². The lowest BCUT2D eigenvalue weighted by molar-refractivity contribution is 0.413. The van der Waals surface area contributed by atoms with Crippen molar-refractivity contribution in [3.05, 3.63) is 24.0 Å². The average molecular weight is 358 g/mol. The average Bonchev–Trinajstić information content (AvgIpc) is 2.35. The highest BCUT2D eigenvalue weighted by molar-refractivity contribution is 7.91. The van der Waals surface area contributed by atoms with Crippen LogP contribution < -0.4 is 4.72 Å². The summed E-state index contributed by atoms with van der Waals surface area (Å²) in [5, 5.41) is 0. The van der Waals surface area contributed by atoms with E-state index in [2.05, 4.69) is 4.72 Å². The highest BCUT2D eigenvalue weighted by Crippen LogP contribution is 2.21. The van der Waals surface area contributed by atoms with E-state index in [-0.39, 0.29) is 17.3 Å². The summed E-state index contributed by atoms with van der Waals surface area (Å²) in [6.45, 7) is 3.49. The first-order valence-corrected chi connectivity index (χ1v) is 9.85. The van der Waals surface area contributed by atoms with Crippen molar-refractivity contribution in [3.63, 3.8) is 0 Å². The number of alkyl halides is 1. The third kappa shape index (κ3) is 4.91. The number of rotatable bonds is 6.